The van der Waals surface area contributed by atoms with E-state index in [1.165, 1.54) is 398 Å². The smallest absolute Gasteiger partial charge is 0.0275 e. The van der Waals surface area contributed by atoms with Crippen LogP contribution in [-0.4, -0.2) is 0 Å². The third-order valence-corrected chi connectivity index (χ3v) is 34.2. The zero-order valence-electron chi connectivity index (χ0n) is 81.1. The average Bonchev–Trinajstić information content (AvgIpc) is 1.72. The molecule has 0 aromatic rings. The van der Waals surface area contributed by atoms with Crippen molar-refractivity contribution in [2.45, 2.75) is 599 Å². The van der Waals surface area contributed by atoms with E-state index in [1.54, 1.807) is 0 Å². The van der Waals surface area contributed by atoms with Crippen molar-refractivity contribution in [3.8, 4) is 0 Å². The van der Waals surface area contributed by atoms with Gasteiger partial charge in [-0.05, 0) is 242 Å². The molecule has 10 aliphatic rings. The van der Waals surface area contributed by atoms with Crippen LogP contribution in [-0.2, 0) is 0 Å². The summed E-state index contributed by atoms with van der Waals surface area (Å²) in [7, 11) is 0. The third-order valence-electron chi connectivity index (χ3n) is 34.2. The van der Waals surface area contributed by atoms with E-state index >= 15 is 0 Å². The van der Waals surface area contributed by atoms with Crippen molar-refractivity contribution in [3.05, 3.63) is 0 Å². The van der Waals surface area contributed by atoms with Gasteiger partial charge in [0.1, 0.15) is 0 Å². The lowest BCUT2D eigenvalue weighted by atomic mass is 9.59. The van der Waals surface area contributed by atoms with Gasteiger partial charge in [-0.1, -0.05) is 445 Å². The van der Waals surface area contributed by atoms with Crippen LogP contribution in [0, 0.1) is 88.1 Å². The van der Waals surface area contributed by atoms with Crippen LogP contribution in [0.5, 0.6) is 0 Å². The van der Waals surface area contributed by atoms with Crippen molar-refractivity contribution in [2.75, 3.05) is 0 Å². The van der Waals surface area contributed by atoms with Gasteiger partial charge in [0.2, 0.25) is 0 Å². The van der Waals surface area contributed by atoms with Crippen LogP contribution in [0.3, 0.4) is 0 Å². The molecule has 0 amide bonds. The molecule has 0 heterocycles. The quantitative estimate of drug-likeness (QED) is 0.127. The second-order valence-electron chi connectivity index (χ2n) is 46.8. The number of unbranched alkanes of at least 4 members (excludes halogenated alkanes) is 2. The van der Waals surface area contributed by atoms with E-state index in [1.807, 2.05) is 0 Å². The Balaban J connectivity index is 0.000000595. The van der Waals surface area contributed by atoms with Crippen LogP contribution in [0.25, 0.3) is 0 Å². The predicted octanol–water partition coefficient (Wildman–Crippen LogP) is 39.4. The SMILES string of the molecule is CC(C)(C)C1(C)CCCCC1.CC(C)C1(C)CCCCC1.CC(C)CC1(C)CCCC1.CC(C)CC1(C)CCCCC1.CCC(C)(C)C1(C)CCCC1.CCC(C)(C)C1(C)CCCCC1.CCC1(C)CCCCCC1.CCC1(C)CCCCCCC1.CCCCC1(C)CCCC1.CCCCC1(C)CCCCC1. The zero-order valence-corrected chi connectivity index (χ0v) is 81.1. The highest BCUT2D eigenvalue weighted by Crippen LogP contribution is 2.54. The Hall–Kier alpha value is 0. The summed E-state index contributed by atoms with van der Waals surface area (Å²) in [6.45, 7) is 69.6. The van der Waals surface area contributed by atoms with Gasteiger partial charge in [-0.3, -0.25) is 0 Å². The summed E-state index contributed by atoms with van der Waals surface area (Å²) >= 11 is 0. The van der Waals surface area contributed by atoms with Crippen LogP contribution in [0.15, 0.2) is 0 Å². The molecule has 0 bridgehead atoms. The van der Waals surface area contributed by atoms with Crippen molar-refractivity contribution < 1.29 is 0 Å². The Morgan fingerprint density at radius 2 is 0.430 bits per heavy atom. The van der Waals surface area contributed by atoms with Crippen molar-refractivity contribution in [1.29, 1.82) is 0 Å². The summed E-state index contributed by atoms with van der Waals surface area (Å²) in [6, 6.07) is 0. The van der Waals surface area contributed by atoms with Gasteiger partial charge in [-0.2, -0.15) is 0 Å². The molecule has 10 saturated carbocycles. The van der Waals surface area contributed by atoms with Crippen LogP contribution in [0.2, 0.25) is 0 Å². The molecule has 10 fully saturated rings. The maximum absolute atomic E-state index is 2.50. The molecule has 10 aliphatic carbocycles. The zero-order chi connectivity index (χ0) is 81.1. The van der Waals surface area contributed by atoms with Gasteiger partial charge in [-0.15, -0.1) is 0 Å². The summed E-state index contributed by atoms with van der Waals surface area (Å²) in [5.41, 5.74) is 8.47. The molecule has 0 nitrogen and oxygen atoms in total. The van der Waals surface area contributed by atoms with Crippen LogP contribution < -0.4 is 0 Å². The fourth-order valence-electron chi connectivity index (χ4n) is 22.1. The predicted molar refractivity (Wildman–Crippen MR) is 493 cm³/mol. The molecular weight excluding hydrogens is 1290 g/mol. The van der Waals surface area contributed by atoms with E-state index in [-0.39, 0.29) is 0 Å². The van der Waals surface area contributed by atoms with E-state index in [0.29, 0.717) is 59.6 Å². The Labute approximate surface area is 682 Å². The van der Waals surface area contributed by atoms with Crippen LogP contribution in [0.1, 0.15) is 599 Å². The second-order valence-corrected chi connectivity index (χ2v) is 46.8. The third kappa shape index (κ3) is 42.1. The van der Waals surface area contributed by atoms with Crippen LogP contribution in [0.4, 0.5) is 0 Å². The highest BCUT2D eigenvalue weighted by Gasteiger charge is 2.43. The summed E-state index contributed by atoms with van der Waals surface area (Å²) in [4.78, 5) is 0. The molecule has 642 valence electrons. The molecule has 0 radical (unpaired) electrons. The highest BCUT2D eigenvalue weighted by molar-refractivity contribution is 4.94. The Morgan fingerprint density at radius 1 is 0.234 bits per heavy atom. The van der Waals surface area contributed by atoms with Crippen LogP contribution >= 0.6 is 0 Å². The van der Waals surface area contributed by atoms with Gasteiger partial charge in [-0.25, -0.2) is 0 Å². The summed E-state index contributed by atoms with van der Waals surface area (Å²) < 4.78 is 0. The second kappa shape index (κ2) is 52.6. The monoisotopic (exact) mass is 1500 g/mol. The van der Waals surface area contributed by atoms with Gasteiger partial charge in [0.15, 0.2) is 0 Å². The molecule has 10 rings (SSSR count). The Morgan fingerprint density at radius 3 is 0.636 bits per heavy atom. The van der Waals surface area contributed by atoms with Crippen molar-refractivity contribution >= 4 is 0 Å². The fraction of sp³-hybridized carbons (Fsp3) is 1.00. The van der Waals surface area contributed by atoms with Gasteiger partial charge >= 0.3 is 0 Å². The summed E-state index contributed by atoms with van der Waals surface area (Å²) in [6.07, 6.45) is 90.5. The van der Waals surface area contributed by atoms with Crippen molar-refractivity contribution in [3.63, 3.8) is 0 Å². The number of hydrogen-bond donors (Lipinski definition) is 0. The van der Waals surface area contributed by atoms with Crippen molar-refractivity contribution in [2.24, 2.45) is 88.1 Å². The average molecular weight is 1500 g/mol. The minimum absolute atomic E-state index is 0.507. The lowest BCUT2D eigenvalue weighted by Crippen LogP contribution is -2.36. The molecule has 0 spiro atoms. The lowest BCUT2D eigenvalue weighted by molar-refractivity contribution is 0.0405. The first-order valence-corrected chi connectivity index (χ1v) is 50.0. The molecule has 107 heavy (non-hydrogen) atoms. The Kier molecular flexibility index (Phi) is 51.7. The largest absolute Gasteiger partial charge is 0.0654 e. The lowest BCUT2D eigenvalue weighted by Gasteiger charge is -2.46. The minimum atomic E-state index is 0.507. The summed E-state index contributed by atoms with van der Waals surface area (Å²) in [5, 5.41) is 0. The number of rotatable bonds is 17. The van der Waals surface area contributed by atoms with E-state index in [4.69, 9.17) is 0 Å². The molecule has 0 N–H and O–H groups in total. The molecule has 0 heteroatoms. The molecule has 0 aromatic heterocycles. The Bertz CT molecular complexity index is 2040. The van der Waals surface area contributed by atoms with Gasteiger partial charge in [0, 0.05) is 0 Å². The molecular formula is C107H214. The molecule has 0 aromatic carbocycles. The standard InChI is InChI=1S/C12H24.5C11H22.4C10H20/c1-5-11(2,3)12(4)9-7-6-8-10-12;1-10(2,3)11(4)8-6-5-7-9-11;1-10(2)9-11(3)7-5-4-6-8-11;1-5-10(2,3)11(4)8-6-7-9-11;1-3-11(2)9-7-5-4-6-8-10-11;1-3-4-8-11(2)9-6-5-7-10-11;1-9(2)8-10(3)6-4-5-7-10;1-9(2)10(3)7-5-4-6-8-10;1-3-10(2)8-6-4-5-7-9-10;1-3-4-7-10(2)8-5-6-9-10/h5-10H2,1-4H3;5-9H2,1-4H3;10H,4-9H2,1-3H3;5-9H2,1-4H3;2*3-10H2,1-2H3;2*9H,4-8H2,1-3H3;2*3-9H2,1-2H3. The topological polar surface area (TPSA) is 0 Å². The fourth-order valence-corrected chi connectivity index (χ4v) is 22.1. The maximum Gasteiger partial charge on any atom is -0.0275 e. The normalized spacial score (nSPS) is 24.4. The van der Waals surface area contributed by atoms with Crippen molar-refractivity contribution in [1.82, 2.24) is 0 Å². The van der Waals surface area contributed by atoms with E-state index < -0.39 is 0 Å². The van der Waals surface area contributed by atoms with E-state index in [2.05, 4.69) is 201 Å². The van der Waals surface area contributed by atoms with E-state index in [0.717, 1.165) is 28.6 Å². The van der Waals surface area contributed by atoms with E-state index in [9.17, 15) is 0 Å². The molecule has 0 unspecified atom stereocenters. The summed E-state index contributed by atoms with van der Waals surface area (Å²) in [5.74, 6) is 2.66. The molecule has 0 aliphatic heterocycles. The minimum Gasteiger partial charge on any atom is -0.0654 e. The first-order chi connectivity index (χ1) is 50.0. The van der Waals surface area contributed by atoms with Gasteiger partial charge in [0.25, 0.3) is 0 Å². The highest BCUT2D eigenvalue weighted by atomic mass is 14.5. The molecule has 0 saturated heterocycles. The van der Waals surface area contributed by atoms with Gasteiger partial charge < -0.3 is 0 Å². The maximum atomic E-state index is 2.50. The van der Waals surface area contributed by atoms with Gasteiger partial charge in [0.05, 0.1) is 0 Å². The first-order valence-electron chi connectivity index (χ1n) is 50.0. The molecule has 0 atom stereocenters. The number of hydrogen-bond acceptors (Lipinski definition) is 0. The first kappa shape index (κ1) is 105.